The summed E-state index contributed by atoms with van der Waals surface area (Å²) in [4.78, 5) is 29.9. The Labute approximate surface area is 165 Å². The zero-order chi connectivity index (χ0) is 19.7. The van der Waals surface area contributed by atoms with E-state index in [9.17, 15) is 9.59 Å². The summed E-state index contributed by atoms with van der Waals surface area (Å²) in [6.45, 7) is 6.06. The summed E-state index contributed by atoms with van der Waals surface area (Å²) in [5.74, 6) is 0.962. The highest BCUT2D eigenvalue weighted by Gasteiger charge is 2.37. The Kier molecular flexibility index (Phi) is 5.20. The molecule has 1 saturated heterocycles. The van der Waals surface area contributed by atoms with Crippen molar-refractivity contribution in [1.82, 2.24) is 15.0 Å². The van der Waals surface area contributed by atoms with Crippen LogP contribution in [-0.4, -0.2) is 52.4 Å². The normalized spacial score (nSPS) is 20.5. The number of carbonyl (C=O) groups is 2. The fourth-order valence-corrected chi connectivity index (χ4v) is 3.91. The van der Waals surface area contributed by atoms with Crippen LogP contribution in [0, 0.1) is 11.8 Å². The molecule has 1 saturated carbocycles. The highest BCUT2D eigenvalue weighted by atomic mass is 16.5. The summed E-state index contributed by atoms with van der Waals surface area (Å²) in [6, 6.07) is 9.61. The quantitative estimate of drug-likeness (QED) is 0.796. The Balaban J connectivity index is 1.58. The van der Waals surface area contributed by atoms with Gasteiger partial charge in [0.25, 0.3) is 5.91 Å². The average molecular weight is 381 g/mol. The van der Waals surface area contributed by atoms with Crippen LogP contribution in [0.1, 0.15) is 43.5 Å². The molecular formula is C22H27N3O3. The van der Waals surface area contributed by atoms with E-state index in [4.69, 9.17) is 4.52 Å². The van der Waals surface area contributed by atoms with Crippen LogP contribution < -0.4 is 0 Å². The third-order valence-electron chi connectivity index (χ3n) is 5.78. The number of benzene rings is 1. The van der Waals surface area contributed by atoms with Crippen molar-refractivity contribution in [3.63, 3.8) is 0 Å². The zero-order valence-electron chi connectivity index (χ0n) is 16.5. The second-order valence-electron chi connectivity index (χ2n) is 8.24. The first kappa shape index (κ1) is 18.7. The molecule has 0 N–H and O–H groups in total. The molecule has 6 nitrogen and oxygen atoms in total. The Hall–Kier alpha value is -2.63. The Bertz CT molecular complexity index is 842. The molecule has 0 spiro atoms. The molecule has 4 rings (SSSR count). The van der Waals surface area contributed by atoms with Crippen molar-refractivity contribution < 1.29 is 14.1 Å². The highest BCUT2D eigenvalue weighted by Crippen LogP contribution is 2.32. The third kappa shape index (κ3) is 3.81. The number of amides is 2. The molecular weight excluding hydrogens is 354 g/mol. The molecule has 0 radical (unpaired) electrons. The van der Waals surface area contributed by atoms with Crippen molar-refractivity contribution in [3.05, 3.63) is 42.2 Å². The van der Waals surface area contributed by atoms with Gasteiger partial charge in [-0.2, -0.15) is 0 Å². The fraction of sp³-hybridized carbons (Fsp3) is 0.500. The molecule has 2 heterocycles. The highest BCUT2D eigenvalue weighted by molar-refractivity contribution is 5.99. The van der Waals surface area contributed by atoms with Crippen LogP contribution in [0.25, 0.3) is 11.3 Å². The van der Waals surface area contributed by atoms with Gasteiger partial charge in [-0.15, -0.1) is 0 Å². The molecule has 2 aliphatic rings. The maximum absolute atomic E-state index is 13.3. The number of nitrogens with zero attached hydrogens (tertiary/aromatic N) is 3. The van der Waals surface area contributed by atoms with Gasteiger partial charge in [-0.05, 0) is 24.7 Å². The van der Waals surface area contributed by atoms with Crippen molar-refractivity contribution in [2.75, 3.05) is 19.6 Å². The lowest BCUT2D eigenvalue weighted by atomic mass is 10.0. The van der Waals surface area contributed by atoms with E-state index in [1.54, 1.807) is 4.90 Å². The predicted octanol–water partition coefficient (Wildman–Crippen LogP) is 3.45. The molecule has 1 aliphatic heterocycles. The van der Waals surface area contributed by atoms with Gasteiger partial charge >= 0.3 is 0 Å². The van der Waals surface area contributed by atoms with Crippen LogP contribution in [0.2, 0.25) is 0 Å². The Morgan fingerprint density at radius 3 is 2.68 bits per heavy atom. The molecule has 2 amide bonds. The Morgan fingerprint density at radius 1 is 1.25 bits per heavy atom. The lowest BCUT2D eigenvalue weighted by molar-refractivity contribution is -0.133. The van der Waals surface area contributed by atoms with Gasteiger partial charge in [0.15, 0.2) is 0 Å². The van der Waals surface area contributed by atoms with Crippen LogP contribution in [-0.2, 0) is 4.79 Å². The van der Waals surface area contributed by atoms with E-state index in [0.29, 0.717) is 36.7 Å². The van der Waals surface area contributed by atoms with Crippen molar-refractivity contribution in [1.29, 1.82) is 0 Å². The zero-order valence-corrected chi connectivity index (χ0v) is 16.5. The number of carbonyl (C=O) groups excluding carboxylic acids is 2. The molecule has 0 unspecified atom stereocenters. The minimum Gasteiger partial charge on any atom is -0.363 e. The molecule has 1 aliphatic carbocycles. The summed E-state index contributed by atoms with van der Waals surface area (Å²) in [5, 5.41) is 4.06. The molecule has 148 valence electrons. The van der Waals surface area contributed by atoms with Gasteiger partial charge in [0.05, 0.1) is 6.04 Å². The van der Waals surface area contributed by atoms with Gasteiger partial charge < -0.3 is 14.3 Å². The molecule has 28 heavy (non-hydrogen) atoms. The SMILES string of the molecule is CC(C)[C@H]1CN(C(=O)c2conc2-c2ccccc2)CCC(=O)N1CC1CC1. The van der Waals surface area contributed by atoms with Gasteiger partial charge in [-0.25, -0.2) is 0 Å². The Morgan fingerprint density at radius 2 is 2.00 bits per heavy atom. The van der Waals surface area contributed by atoms with E-state index in [1.807, 2.05) is 35.2 Å². The standard InChI is InChI=1S/C22H27N3O3/c1-15(2)19-13-24(11-10-20(26)25(19)12-16-8-9-16)22(27)18-14-28-23-21(18)17-6-4-3-5-7-17/h3-7,14-16,19H,8-13H2,1-2H3/t19-/m1/s1. The topological polar surface area (TPSA) is 66.7 Å². The predicted molar refractivity (Wildman–Crippen MR) is 106 cm³/mol. The van der Waals surface area contributed by atoms with E-state index < -0.39 is 0 Å². The number of hydrogen-bond acceptors (Lipinski definition) is 4. The third-order valence-corrected chi connectivity index (χ3v) is 5.78. The summed E-state index contributed by atoms with van der Waals surface area (Å²) in [7, 11) is 0. The second-order valence-corrected chi connectivity index (χ2v) is 8.24. The maximum atomic E-state index is 13.3. The second kappa shape index (κ2) is 7.78. The van der Waals surface area contributed by atoms with Gasteiger partial charge in [-0.1, -0.05) is 49.3 Å². The fourth-order valence-electron chi connectivity index (χ4n) is 3.91. The summed E-state index contributed by atoms with van der Waals surface area (Å²) in [5.41, 5.74) is 1.86. The minimum absolute atomic E-state index is 0.0413. The lowest BCUT2D eigenvalue weighted by Gasteiger charge is -2.34. The van der Waals surface area contributed by atoms with E-state index in [2.05, 4.69) is 19.0 Å². The first-order valence-corrected chi connectivity index (χ1v) is 10.1. The van der Waals surface area contributed by atoms with E-state index in [0.717, 1.165) is 12.1 Å². The molecule has 2 aromatic rings. The van der Waals surface area contributed by atoms with Crippen LogP contribution in [0.4, 0.5) is 0 Å². The monoisotopic (exact) mass is 381 g/mol. The first-order valence-electron chi connectivity index (χ1n) is 10.1. The molecule has 1 aromatic carbocycles. The molecule has 0 bridgehead atoms. The van der Waals surface area contributed by atoms with Crippen LogP contribution in [0.3, 0.4) is 0 Å². The summed E-state index contributed by atoms with van der Waals surface area (Å²) >= 11 is 0. The van der Waals surface area contributed by atoms with Crippen molar-refractivity contribution in [2.24, 2.45) is 11.8 Å². The minimum atomic E-state index is -0.119. The van der Waals surface area contributed by atoms with E-state index >= 15 is 0 Å². The van der Waals surface area contributed by atoms with Crippen LogP contribution >= 0.6 is 0 Å². The van der Waals surface area contributed by atoms with Crippen molar-refractivity contribution >= 4 is 11.8 Å². The van der Waals surface area contributed by atoms with Crippen LogP contribution in [0.5, 0.6) is 0 Å². The summed E-state index contributed by atoms with van der Waals surface area (Å²) in [6.07, 6.45) is 4.20. The van der Waals surface area contributed by atoms with Gasteiger partial charge in [0.2, 0.25) is 5.91 Å². The molecule has 2 fully saturated rings. The molecule has 1 atom stereocenters. The van der Waals surface area contributed by atoms with E-state index in [1.165, 1.54) is 19.1 Å². The van der Waals surface area contributed by atoms with E-state index in [-0.39, 0.29) is 23.8 Å². The molecule has 1 aromatic heterocycles. The van der Waals surface area contributed by atoms with Crippen molar-refractivity contribution in [3.8, 4) is 11.3 Å². The number of hydrogen-bond donors (Lipinski definition) is 0. The molecule has 6 heteroatoms. The van der Waals surface area contributed by atoms with Gasteiger partial charge in [0.1, 0.15) is 17.5 Å². The van der Waals surface area contributed by atoms with Crippen molar-refractivity contribution in [2.45, 2.75) is 39.2 Å². The van der Waals surface area contributed by atoms with Crippen LogP contribution in [0.15, 0.2) is 41.1 Å². The van der Waals surface area contributed by atoms with Gasteiger partial charge in [-0.3, -0.25) is 9.59 Å². The first-order chi connectivity index (χ1) is 13.5. The lowest BCUT2D eigenvalue weighted by Crippen LogP contribution is -2.48. The number of rotatable bonds is 5. The maximum Gasteiger partial charge on any atom is 0.259 e. The van der Waals surface area contributed by atoms with Gasteiger partial charge in [0, 0.05) is 31.6 Å². The largest absolute Gasteiger partial charge is 0.363 e. The smallest absolute Gasteiger partial charge is 0.259 e. The summed E-state index contributed by atoms with van der Waals surface area (Å²) < 4.78 is 5.15. The average Bonchev–Trinajstić information content (AvgIpc) is 3.42. The number of aromatic nitrogens is 1.